The minimum atomic E-state index is -0.389. The van der Waals surface area contributed by atoms with Crippen molar-refractivity contribution in [1.29, 1.82) is 0 Å². The van der Waals surface area contributed by atoms with Crippen molar-refractivity contribution in [3.8, 4) is 0 Å². The highest BCUT2D eigenvalue weighted by Gasteiger charge is 2.34. The van der Waals surface area contributed by atoms with E-state index in [2.05, 4.69) is 26.0 Å². The summed E-state index contributed by atoms with van der Waals surface area (Å²) in [5.41, 5.74) is 2.18. The molecule has 0 aromatic heterocycles. The number of hydrogen-bond acceptors (Lipinski definition) is 2. The van der Waals surface area contributed by atoms with E-state index in [-0.39, 0.29) is 17.9 Å². The highest BCUT2D eigenvalue weighted by Crippen LogP contribution is 2.24. The van der Waals surface area contributed by atoms with E-state index in [9.17, 15) is 9.59 Å². The van der Waals surface area contributed by atoms with Crippen molar-refractivity contribution >= 4 is 17.5 Å². The zero-order chi connectivity index (χ0) is 17.1. The number of anilines is 1. The lowest BCUT2D eigenvalue weighted by Crippen LogP contribution is -2.57. The number of rotatable bonds is 4. The van der Waals surface area contributed by atoms with Gasteiger partial charge in [0.25, 0.3) is 0 Å². The molecule has 1 aromatic rings. The topological polar surface area (TPSA) is 40.6 Å². The lowest BCUT2D eigenvalue weighted by molar-refractivity contribution is -0.141. The summed E-state index contributed by atoms with van der Waals surface area (Å²) in [7, 11) is 0. The zero-order valence-corrected chi connectivity index (χ0v) is 14.9. The summed E-state index contributed by atoms with van der Waals surface area (Å²) in [5, 5.41) is 0. The van der Waals surface area contributed by atoms with Gasteiger partial charge >= 0.3 is 0 Å². The van der Waals surface area contributed by atoms with Crippen LogP contribution in [0.4, 0.5) is 5.69 Å². The van der Waals surface area contributed by atoms with Gasteiger partial charge in [0.05, 0.1) is 0 Å². The van der Waals surface area contributed by atoms with Crippen molar-refractivity contribution in [2.45, 2.75) is 53.0 Å². The van der Waals surface area contributed by atoms with Crippen molar-refractivity contribution in [3.05, 3.63) is 29.8 Å². The summed E-state index contributed by atoms with van der Waals surface area (Å²) < 4.78 is 0. The van der Waals surface area contributed by atoms with Crippen LogP contribution in [0, 0.1) is 5.92 Å². The molecule has 1 aliphatic heterocycles. The van der Waals surface area contributed by atoms with Gasteiger partial charge in [-0.05, 0) is 36.5 Å². The molecule has 2 amide bonds. The Morgan fingerprint density at radius 3 is 2.26 bits per heavy atom. The third-order valence-electron chi connectivity index (χ3n) is 4.43. The Labute approximate surface area is 139 Å². The lowest BCUT2D eigenvalue weighted by Gasteiger charge is -2.39. The second-order valence-corrected chi connectivity index (χ2v) is 7.10. The third kappa shape index (κ3) is 3.92. The summed E-state index contributed by atoms with van der Waals surface area (Å²) in [4.78, 5) is 28.5. The van der Waals surface area contributed by atoms with Gasteiger partial charge in [-0.15, -0.1) is 0 Å². The summed E-state index contributed by atoms with van der Waals surface area (Å²) in [6.07, 6.45) is 0.501. The molecule has 1 fully saturated rings. The Hall–Kier alpha value is -1.84. The highest BCUT2D eigenvalue weighted by molar-refractivity contribution is 6.00. The number of carbonyl (C=O) groups is 2. The molecule has 0 N–H and O–H groups in total. The van der Waals surface area contributed by atoms with Gasteiger partial charge in [0.1, 0.15) is 6.04 Å². The SMILES string of the molecule is CC(C)CC(=O)N1CCN(c2ccc(C(C)C)cc2)C(=O)C1C. The van der Waals surface area contributed by atoms with Gasteiger partial charge in [0.2, 0.25) is 11.8 Å². The maximum atomic E-state index is 12.7. The molecule has 0 bridgehead atoms. The Morgan fingerprint density at radius 2 is 1.74 bits per heavy atom. The minimum absolute atomic E-state index is 0.00523. The average molecular weight is 316 g/mol. The molecular formula is C19H28N2O2. The minimum Gasteiger partial charge on any atom is -0.329 e. The van der Waals surface area contributed by atoms with Crippen molar-refractivity contribution in [2.24, 2.45) is 5.92 Å². The zero-order valence-electron chi connectivity index (χ0n) is 14.9. The van der Waals surface area contributed by atoms with Crippen LogP contribution in [0.5, 0.6) is 0 Å². The fourth-order valence-electron chi connectivity index (χ4n) is 2.97. The lowest BCUT2D eigenvalue weighted by atomic mass is 10.0. The van der Waals surface area contributed by atoms with E-state index >= 15 is 0 Å². The summed E-state index contributed by atoms with van der Waals surface area (Å²) in [6.45, 7) is 11.4. The standard InChI is InChI=1S/C19H28N2O2/c1-13(2)12-18(22)20-10-11-21(19(23)15(20)5)17-8-6-16(7-9-17)14(3)4/h6-9,13-15H,10-12H2,1-5H3. The number of hydrogen-bond donors (Lipinski definition) is 0. The van der Waals surface area contributed by atoms with Crippen LogP contribution >= 0.6 is 0 Å². The fourth-order valence-corrected chi connectivity index (χ4v) is 2.97. The second kappa shape index (κ2) is 7.16. The average Bonchev–Trinajstić information content (AvgIpc) is 2.49. The molecule has 0 saturated carbocycles. The predicted octanol–water partition coefficient (Wildman–Crippen LogP) is 3.42. The van der Waals surface area contributed by atoms with E-state index in [0.29, 0.717) is 31.3 Å². The van der Waals surface area contributed by atoms with Crippen LogP contribution in [0.1, 0.15) is 52.5 Å². The van der Waals surface area contributed by atoms with Crippen molar-refractivity contribution < 1.29 is 9.59 Å². The normalized spacial score (nSPS) is 18.9. The molecule has 1 unspecified atom stereocenters. The number of carbonyl (C=O) groups excluding carboxylic acids is 2. The van der Waals surface area contributed by atoms with E-state index in [1.807, 2.05) is 32.9 Å². The van der Waals surface area contributed by atoms with Gasteiger partial charge in [-0.3, -0.25) is 9.59 Å². The molecule has 0 aliphatic carbocycles. The molecule has 126 valence electrons. The molecule has 1 aliphatic rings. The van der Waals surface area contributed by atoms with Crippen molar-refractivity contribution in [2.75, 3.05) is 18.0 Å². The van der Waals surface area contributed by atoms with Gasteiger partial charge < -0.3 is 9.80 Å². The molecule has 0 spiro atoms. The van der Waals surface area contributed by atoms with Crippen LogP contribution in [0.25, 0.3) is 0 Å². The molecule has 1 heterocycles. The van der Waals surface area contributed by atoms with Crippen LogP contribution < -0.4 is 4.90 Å². The largest absolute Gasteiger partial charge is 0.329 e. The van der Waals surface area contributed by atoms with E-state index < -0.39 is 0 Å². The second-order valence-electron chi connectivity index (χ2n) is 7.10. The van der Waals surface area contributed by atoms with Gasteiger partial charge in [-0.1, -0.05) is 39.8 Å². The quantitative estimate of drug-likeness (QED) is 0.854. The molecule has 1 atom stereocenters. The highest BCUT2D eigenvalue weighted by atomic mass is 16.2. The Morgan fingerprint density at radius 1 is 1.13 bits per heavy atom. The van der Waals surface area contributed by atoms with E-state index in [1.165, 1.54) is 5.56 Å². The maximum Gasteiger partial charge on any atom is 0.249 e. The Kier molecular flexibility index (Phi) is 5.45. The number of piperazine rings is 1. The van der Waals surface area contributed by atoms with E-state index in [4.69, 9.17) is 0 Å². The Balaban J connectivity index is 2.10. The van der Waals surface area contributed by atoms with E-state index in [1.54, 1.807) is 9.80 Å². The first-order valence-corrected chi connectivity index (χ1v) is 8.52. The number of amides is 2. The van der Waals surface area contributed by atoms with Crippen LogP contribution in [0.3, 0.4) is 0 Å². The molecule has 4 heteroatoms. The first-order valence-electron chi connectivity index (χ1n) is 8.52. The maximum absolute atomic E-state index is 12.7. The van der Waals surface area contributed by atoms with Crippen LogP contribution in [-0.4, -0.2) is 35.8 Å². The predicted molar refractivity (Wildman–Crippen MR) is 93.5 cm³/mol. The first kappa shape index (κ1) is 17.5. The van der Waals surface area contributed by atoms with Crippen LogP contribution in [-0.2, 0) is 9.59 Å². The molecule has 0 radical (unpaired) electrons. The molecule has 2 rings (SSSR count). The number of nitrogens with zero attached hydrogens (tertiary/aromatic N) is 2. The Bertz CT molecular complexity index is 563. The van der Waals surface area contributed by atoms with Gasteiger partial charge in [-0.25, -0.2) is 0 Å². The van der Waals surface area contributed by atoms with Crippen molar-refractivity contribution in [3.63, 3.8) is 0 Å². The monoisotopic (exact) mass is 316 g/mol. The van der Waals surface area contributed by atoms with Gasteiger partial charge in [0, 0.05) is 25.2 Å². The first-order chi connectivity index (χ1) is 10.8. The summed E-state index contributed by atoms with van der Waals surface area (Å²) in [5.74, 6) is 0.872. The molecule has 4 nitrogen and oxygen atoms in total. The number of benzene rings is 1. The van der Waals surface area contributed by atoms with Crippen LogP contribution in [0.15, 0.2) is 24.3 Å². The van der Waals surface area contributed by atoms with Crippen molar-refractivity contribution in [1.82, 2.24) is 4.90 Å². The fraction of sp³-hybridized carbons (Fsp3) is 0.579. The van der Waals surface area contributed by atoms with E-state index in [0.717, 1.165) is 5.69 Å². The smallest absolute Gasteiger partial charge is 0.249 e. The van der Waals surface area contributed by atoms with Crippen LogP contribution in [0.2, 0.25) is 0 Å². The van der Waals surface area contributed by atoms with Gasteiger partial charge in [0.15, 0.2) is 0 Å². The molecule has 1 saturated heterocycles. The van der Waals surface area contributed by atoms with Gasteiger partial charge in [-0.2, -0.15) is 0 Å². The molecule has 1 aromatic carbocycles. The summed E-state index contributed by atoms with van der Waals surface area (Å²) in [6, 6.07) is 7.78. The molecule has 23 heavy (non-hydrogen) atoms. The summed E-state index contributed by atoms with van der Waals surface area (Å²) >= 11 is 0. The molecular weight excluding hydrogens is 288 g/mol. The third-order valence-corrected chi connectivity index (χ3v) is 4.43.